The summed E-state index contributed by atoms with van der Waals surface area (Å²) < 4.78 is 6.86. The lowest BCUT2D eigenvalue weighted by Crippen LogP contribution is -2.37. The number of nitrogens with one attached hydrogen (secondary N) is 1. The molecule has 2 saturated heterocycles. The Bertz CT molecular complexity index is 843. The van der Waals surface area contributed by atoms with Gasteiger partial charge in [0, 0.05) is 39.2 Å². The number of aromatic nitrogens is 4. The Hall–Kier alpha value is -2.42. The Kier molecular flexibility index (Phi) is 2.95. The zero-order valence-corrected chi connectivity index (χ0v) is 13.1. The van der Waals surface area contributed by atoms with Gasteiger partial charge in [0.05, 0.1) is 12.2 Å². The van der Waals surface area contributed by atoms with E-state index >= 15 is 0 Å². The van der Waals surface area contributed by atoms with E-state index in [1.807, 2.05) is 0 Å². The lowest BCUT2D eigenvalue weighted by Gasteiger charge is -2.21. The fourth-order valence-corrected chi connectivity index (χ4v) is 3.41. The minimum atomic E-state index is -0.423. The molecule has 1 amide bonds. The van der Waals surface area contributed by atoms with Gasteiger partial charge in [-0.2, -0.15) is 9.50 Å². The summed E-state index contributed by atoms with van der Waals surface area (Å²) in [7, 11) is 1.75. The van der Waals surface area contributed by atoms with Crippen molar-refractivity contribution in [1.29, 1.82) is 0 Å². The largest absolute Gasteiger partial charge is 0.439 e. The second-order valence-electron chi connectivity index (χ2n) is 6.40. The number of amides is 1. The third kappa shape index (κ3) is 2.37. The van der Waals surface area contributed by atoms with Crippen molar-refractivity contribution in [3.8, 4) is 0 Å². The summed E-state index contributed by atoms with van der Waals surface area (Å²) in [5.41, 5.74) is 0.0798. The van der Waals surface area contributed by atoms with Crippen LogP contribution in [0.25, 0.3) is 5.78 Å². The number of hydrogen-bond donors (Lipinski definition) is 1. The van der Waals surface area contributed by atoms with Crippen LogP contribution in [0.1, 0.15) is 17.9 Å². The summed E-state index contributed by atoms with van der Waals surface area (Å²) in [5, 5.41) is 2.85. The van der Waals surface area contributed by atoms with Crippen LogP contribution < -0.4 is 5.56 Å². The predicted molar refractivity (Wildman–Crippen MR) is 80.1 cm³/mol. The van der Waals surface area contributed by atoms with Gasteiger partial charge in [0.25, 0.3) is 11.3 Å². The molecule has 0 aliphatic carbocycles. The Morgan fingerprint density at radius 2 is 2.17 bits per heavy atom. The van der Waals surface area contributed by atoms with Crippen LogP contribution in [-0.2, 0) is 11.3 Å². The molecule has 23 heavy (non-hydrogen) atoms. The van der Waals surface area contributed by atoms with Gasteiger partial charge in [0.1, 0.15) is 11.4 Å². The van der Waals surface area contributed by atoms with Crippen molar-refractivity contribution >= 4 is 11.9 Å². The highest BCUT2D eigenvalue weighted by atomic mass is 16.6. The van der Waals surface area contributed by atoms with E-state index in [1.165, 1.54) is 10.6 Å². The molecular formula is C14H18N6O3. The summed E-state index contributed by atoms with van der Waals surface area (Å²) in [5.74, 6) is 1.03. The number of aryl methyl sites for hydroxylation is 1. The molecule has 0 bridgehead atoms. The summed E-state index contributed by atoms with van der Waals surface area (Å²) in [6.45, 7) is 4.39. The van der Waals surface area contributed by atoms with Gasteiger partial charge in [-0.05, 0) is 6.92 Å². The summed E-state index contributed by atoms with van der Waals surface area (Å²) in [6, 6.07) is 1.52. The monoisotopic (exact) mass is 318 g/mol. The molecule has 0 saturated carbocycles. The average molecular weight is 318 g/mol. The highest BCUT2D eigenvalue weighted by Gasteiger charge is 2.48. The third-order valence-corrected chi connectivity index (χ3v) is 4.42. The number of rotatable bonds is 2. The summed E-state index contributed by atoms with van der Waals surface area (Å²) in [4.78, 5) is 36.1. The minimum Gasteiger partial charge on any atom is -0.439 e. The first-order chi connectivity index (χ1) is 10.9. The lowest BCUT2D eigenvalue weighted by molar-refractivity contribution is 0.0626. The summed E-state index contributed by atoms with van der Waals surface area (Å²) in [6.07, 6.45) is 0.530. The minimum absolute atomic E-state index is 0.175. The fourth-order valence-electron chi connectivity index (χ4n) is 3.41. The number of likely N-dealkylation sites (tertiary alicyclic amines) is 1. The van der Waals surface area contributed by atoms with Crippen molar-refractivity contribution < 1.29 is 9.53 Å². The standard InChI is InChI=1S/C14H18N6O3/c1-9-15-12-16-10(5-11(21)20(12)17-9)6-19-4-3-14(8-19)7-18(2)13(22)23-14/h5H,3-4,6-8H2,1-2H3,(H,15,16,17)/t14-/m0/s1. The van der Waals surface area contributed by atoms with Crippen LogP contribution in [0, 0.1) is 6.92 Å². The van der Waals surface area contributed by atoms with Gasteiger partial charge in [0.2, 0.25) is 0 Å². The van der Waals surface area contributed by atoms with E-state index < -0.39 is 5.60 Å². The Morgan fingerprint density at radius 3 is 2.91 bits per heavy atom. The molecule has 2 aromatic rings. The molecule has 4 rings (SSSR count). The first kappa shape index (κ1) is 14.2. The maximum absolute atomic E-state index is 12.1. The van der Waals surface area contributed by atoms with Crippen molar-refractivity contribution in [2.45, 2.75) is 25.5 Å². The lowest BCUT2D eigenvalue weighted by atomic mass is 10.0. The normalized spacial score (nSPS) is 25.0. The van der Waals surface area contributed by atoms with Crippen molar-refractivity contribution in [2.75, 3.05) is 26.7 Å². The number of nitrogens with zero attached hydrogens (tertiary/aromatic N) is 5. The zero-order valence-electron chi connectivity index (χ0n) is 13.1. The number of carbonyl (C=O) groups excluding carboxylic acids is 1. The maximum atomic E-state index is 12.1. The molecule has 2 aliphatic rings. The first-order valence-electron chi connectivity index (χ1n) is 7.56. The van der Waals surface area contributed by atoms with Gasteiger partial charge >= 0.3 is 6.09 Å². The molecule has 122 valence electrons. The Balaban J connectivity index is 1.53. The molecule has 9 heteroatoms. The molecule has 9 nitrogen and oxygen atoms in total. The number of likely N-dealkylation sites (N-methyl/N-ethyl adjacent to an activating group) is 1. The van der Waals surface area contributed by atoms with E-state index in [4.69, 9.17) is 4.74 Å². The smallest absolute Gasteiger partial charge is 0.410 e. The van der Waals surface area contributed by atoms with E-state index in [9.17, 15) is 9.59 Å². The Labute approximate surface area is 131 Å². The van der Waals surface area contributed by atoms with Crippen molar-refractivity contribution in [2.24, 2.45) is 0 Å². The molecular weight excluding hydrogens is 300 g/mol. The van der Waals surface area contributed by atoms with Gasteiger partial charge in [-0.25, -0.2) is 9.78 Å². The van der Waals surface area contributed by atoms with Crippen molar-refractivity contribution in [3.63, 3.8) is 0 Å². The number of carbonyl (C=O) groups is 1. The molecule has 1 N–H and O–H groups in total. The van der Waals surface area contributed by atoms with Gasteiger partial charge in [-0.15, -0.1) is 0 Å². The predicted octanol–water partition coefficient (Wildman–Crippen LogP) is -0.247. The second kappa shape index (κ2) is 4.79. The molecule has 1 spiro atoms. The van der Waals surface area contributed by atoms with Crippen LogP contribution in [0.2, 0.25) is 0 Å². The SMILES string of the molecule is Cc1nc2nc(CN3CC[C@@]4(C3)CN(C)C(=O)O4)cc(=O)n2[nH]1. The van der Waals surface area contributed by atoms with Crippen LogP contribution in [0.5, 0.6) is 0 Å². The fraction of sp³-hybridized carbons (Fsp3) is 0.571. The second-order valence-corrected chi connectivity index (χ2v) is 6.40. The Morgan fingerprint density at radius 1 is 1.35 bits per heavy atom. The van der Waals surface area contributed by atoms with E-state index in [0.717, 1.165) is 13.0 Å². The van der Waals surface area contributed by atoms with Crippen molar-refractivity contribution in [3.05, 3.63) is 27.9 Å². The zero-order chi connectivity index (χ0) is 16.2. The van der Waals surface area contributed by atoms with Crippen LogP contribution in [0.4, 0.5) is 4.79 Å². The highest BCUT2D eigenvalue weighted by molar-refractivity contribution is 5.70. The quantitative estimate of drug-likeness (QED) is 0.820. The van der Waals surface area contributed by atoms with Crippen LogP contribution >= 0.6 is 0 Å². The van der Waals surface area contributed by atoms with Crippen LogP contribution in [0.15, 0.2) is 10.9 Å². The van der Waals surface area contributed by atoms with Crippen LogP contribution in [0.3, 0.4) is 0 Å². The van der Waals surface area contributed by atoms with E-state index in [1.54, 1.807) is 18.9 Å². The highest BCUT2D eigenvalue weighted by Crippen LogP contribution is 2.32. The van der Waals surface area contributed by atoms with E-state index in [0.29, 0.717) is 36.9 Å². The van der Waals surface area contributed by atoms with Gasteiger partial charge < -0.3 is 9.64 Å². The number of H-pyrrole nitrogens is 1. The molecule has 0 aromatic carbocycles. The molecule has 4 heterocycles. The van der Waals surface area contributed by atoms with E-state index in [-0.39, 0.29) is 11.7 Å². The van der Waals surface area contributed by atoms with Gasteiger partial charge in [-0.3, -0.25) is 14.8 Å². The maximum Gasteiger partial charge on any atom is 0.410 e. The van der Waals surface area contributed by atoms with Gasteiger partial charge in [-0.1, -0.05) is 0 Å². The van der Waals surface area contributed by atoms with E-state index in [2.05, 4.69) is 20.0 Å². The molecule has 0 radical (unpaired) electrons. The summed E-state index contributed by atoms with van der Waals surface area (Å²) >= 11 is 0. The molecule has 2 aromatic heterocycles. The molecule has 0 unspecified atom stereocenters. The van der Waals surface area contributed by atoms with Crippen LogP contribution in [-0.4, -0.2) is 67.8 Å². The number of hydrogen-bond acceptors (Lipinski definition) is 6. The molecule has 1 atom stereocenters. The van der Waals surface area contributed by atoms with Crippen molar-refractivity contribution in [1.82, 2.24) is 29.4 Å². The first-order valence-corrected chi connectivity index (χ1v) is 7.56. The topological polar surface area (TPSA) is 95.8 Å². The number of aromatic amines is 1. The molecule has 2 aliphatic heterocycles. The average Bonchev–Trinajstić information content (AvgIpc) is 3.10. The molecule has 2 fully saturated rings. The number of fused-ring (bicyclic) bond motifs is 1. The number of ether oxygens (including phenoxy) is 1. The van der Waals surface area contributed by atoms with Gasteiger partial charge in [0.15, 0.2) is 0 Å². The third-order valence-electron chi connectivity index (χ3n) is 4.42.